The van der Waals surface area contributed by atoms with Gasteiger partial charge < -0.3 is 10.2 Å². The minimum atomic E-state index is 0.608. The summed E-state index contributed by atoms with van der Waals surface area (Å²) < 4.78 is 0. The Balaban J connectivity index is 1.74. The number of nitrogens with one attached hydrogen (secondary N) is 1. The summed E-state index contributed by atoms with van der Waals surface area (Å²) in [6.07, 6.45) is 5.26. The zero-order valence-corrected chi connectivity index (χ0v) is 11.4. The van der Waals surface area contributed by atoms with Crippen LogP contribution in [0.1, 0.15) is 48.8 Å². The first-order valence-electron chi connectivity index (χ1n) is 7.35. The molecule has 0 aromatic heterocycles. The first-order valence-corrected chi connectivity index (χ1v) is 7.35. The van der Waals surface area contributed by atoms with Gasteiger partial charge in [0.15, 0.2) is 0 Å². The van der Waals surface area contributed by atoms with E-state index in [0.717, 1.165) is 5.92 Å². The molecule has 2 aliphatic heterocycles. The van der Waals surface area contributed by atoms with Crippen LogP contribution in [0.15, 0.2) is 24.3 Å². The molecular weight excluding hydrogens is 220 g/mol. The molecule has 2 heteroatoms. The van der Waals surface area contributed by atoms with Gasteiger partial charge in [0.2, 0.25) is 0 Å². The number of nitrogens with zero attached hydrogens (tertiary/aromatic N) is 1. The molecule has 98 valence electrons. The van der Waals surface area contributed by atoms with Crippen molar-refractivity contribution in [3.05, 3.63) is 35.4 Å². The number of benzene rings is 1. The smallest absolute Gasteiger partial charge is 0.0320 e. The van der Waals surface area contributed by atoms with Crippen molar-refractivity contribution in [2.75, 3.05) is 26.7 Å². The topological polar surface area (TPSA) is 15.3 Å². The van der Waals surface area contributed by atoms with Gasteiger partial charge in [-0.1, -0.05) is 24.3 Å². The fourth-order valence-electron chi connectivity index (χ4n) is 3.34. The van der Waals surface area contributed by atoms with Crippen molar-refractivity contribution in [3.8, 4) is 0 Å². The molecule has 0 amide bonds. The largest absolute Gasteiger partial charge is 0.310 e. The van der Waals surface area contributed by atoms with Gasteiger partial charge in [-0.25, -0.2) is 0 Å². The van der Waals surface area contributed by atoms with E-state index in [2.05, 4.69) is 41.5 Å². The molecule has 0 bridgehead atoms. The summed E-state index contributed by atoms with van der Waals surface area (Å²) >= 11 is 0. The second-order valence-corrected chi connectivity index (χ2v) is 5.90. The molecule has 18 heavy (non-hydrogen) atoms. The van der Waals surface area contributed by atoms with Crippen molar-refractivity contribution in [2.24, 2.45) is 0 Å². The molecule has 1 N–H and O–H groups in total. The quantitative estimate of drug-likeness (QED) is 0.860. The molecule has 1 aromatic rings. The Hall–Kier alpha value is -0.860. The molecule has 2 saturated heterocycles. The first-order chi connectivity index (χ1) is 8.83. The molecule has 1 atom stereocenters. The van der Waals surface area contributed by atoms with Crippen molar-refractivity contribution in [2.45, 2.75) is 37.6 Å². The van der Waals surface area contributed by atoms with Crippen LogP contribution in [0.4, 0.5) is 0 Å². The number of piperidine rings is 1. The lowest BCUT2D eigenvalue weighted by atomic mass is 9.88. The normalized spacial score (nSPS) is 26.6. The first kappa shape index (κ1) is 12.2. The van der Waals surface area contributed by atoms with Crippen molar-refractivity contribution >= 4 is 0 Å². The van der Waals surface area contributed by atoms with Gasteiger partial charge in [0.25, 0.3) is 0 Å². The Bertz CT molecular complexity index is 388. The number of hydrogen-bond donors (Lipinski definition) is 1. The van der Waals surface area contributed by atoms with E-state index in [9.17, 15) is 0 Å². The van der Waals surface area contributed by atoms with Crippen LogP contribution < -0.4 is 5.32 Å². The zero-order valence-electron chi connectivity index (χ0n) is 11.4. The van der Waals surface area contributed by atoms with E-state index in [0.29, 0.717) is 6.04 Å². The van der Waals surface area contributed by atoms with E-state index in [4.69, 9.17) is 0 Å². The maximum atomic E-state index is 3.60. The average Bonchev–Trinajstić information content (AvgIpc) is 2.94. The van der Waals surface area contributed by atoms with Crippen LogP contribution in [0, 0.1) is 0 Å². The van der Waals surface area contributed by atoms with Gasteiger partial charge in [0.1, 0.15) is 0 Å². The molecule has 0 saturated carbocycles. The minimum absolute atomic E-state index is 0.608. The van der Waals surface area contributed by atoms with Crippen molar-refractivity contribution in [3.63, 3.8) is 0 Å². The Morgan fingerprint density at radius 2 is 1.89 bits per heavy atom. The van der Waals surface area contributed by atoms with E-state index in [1.54, 1.807) is 5.56 Å². The van der Waals surface area contributed by atoms with Gasteiger partial charge in [-0.3, -0.25) is 0 Å². The summed E-state index contributed by atoms with van der Waals surface area (Å²) in [4.78, 5) is 2.44. The highest BCUT2D eigenvalue weighted by molar-refractivity contribution is 5.29. The van der Waals surface area contributed by atoms with Crippen molar-refractivity contribution in [1.82, 2.24) is 10.2 Å². The second-order valence-electron chi connectivity index (χ2n) is 5.90. The third-order valence-electron chi connectivity index (χ3n) is 4.56. The van der Waals surface area contributed by atoms with Crippen molar-refractivity contribution in [1.29, 1.82) is 0 Å². The van der Waals surface area contributed by atoms with Gasteiger partial charge >= 0.3 is 0 Å². The van der Waals surface area contributed by atoms with Gasteiger partial charge in [0.05, 0.1) is 0 Å². The van der Waals surface area contributed by atoms with Crippen LogP contribution in [-0.4, -0.2) is 31.6 Å². The highest BCUT2D eigenvalue weighted by atomic mass is 15.1. The summed E-state index contributed by atoms with van der Waals surface area (Å²) in [5.41, 5.74) is 3.07. The lowest BCUT2D eigenvalue weighted by molar-refractivity contribution is 0.255. The van der Waals surface area contributed by atoms with E-state index in [1.165, 1.54) is 50.9 Å². The molecule has 2 fully saturated rings. The molecule has 0 aliphatic carbocycles. The summed E-state index contributed by atoms with van der Waals surface area (Å²) in [5, 5.41) is 3.60. The number of likely N-dealkylation sites (tertiary alicyclic amines) is 1. The Labute approximate surface area is 110 Å². The lowest BCUT2D eigenvalue weighted by Gasteiger charge is -2.29. The Kier molecular flexibility index (Phi) is 3.67. The third-order valence-corrected chi connectivity index (χ3v) is 4.56. The lowest BCUT2D eigenvalue weighted by Crippen LogP contribution is -2.29. The molecule has 2 heterocycles. The summed E-state index contributed by atoms with van der Waals surface area (Å²) in [5.74, 6) is 0.780. The molecule has 0 spiro atoms. The van der Waals surface area contributed by atoms with Gasteiger partial charge in [-0.05, 0) is 69.4 Å². The minimum Gasteiger partial charge on any atom is -0.310 e. The van der Waals surface area contributed by atoms with Crippen molar-refractivity contribution < 1.29 is 0 Å². The van der Waals surface area contributed by atoms with Gasteiger partial charge in [-0.15, -0.1) is 0 Å². The van der Waals surface area contributed by atoms with E-state index in [-0.39, 0.29) is 0 Å². The Morgan fingerprint density at radius 3 is 2.61 bits per heavy atom. The highest BCUT2D eigenvalue weighted by Gasteiger charge is 2.20. The van der Waals surface area contributed by atoms with Crippen LogP contribution >= 0.6 is 0 Å². The summed E-state index contributed by atoms with van der Waals surface area (Å²) in [6.45, 7) is 3.68. The second kappa shape index (κ2) is 5.41. The highest BCUT2D eigenvalue weighted by Crippen LogP contribution is 2.30. The number of hydrogen-bond acceptors (Lipinski definition) is 2. The third kappa shape index (κ3) is 2.60. The van der Waals surface area contributed by atoms with Crippen LogP contribution in [0.5, 0.6) is 0 Å². The van der Waals surface area contributed by atoms with Gasteiger partial charge in [0, 0.05) is 6.04 Å². The summed E-state index contributed by atoms with van der Waals surface area (Å²) in [6, 6.07) is 9.94. The Morgan fingerprint density at radius 1 is 1.11 bits per heavy atom. The predicted octanol–water partition coefficient (Wildman–Crippen LogP) is 2.92. The van der Waals surface area contributed by atoms with Crippen LogP contribution in [0.2, 0.25) is 0 Å². The van der Waals surface area contributed by atoms with Crippen LogP contribution in [0.25, 0.3) is 0 Å². The maximum Gasteiger partial charge on any atom is 0.0320 e. The SMILES string of the molecule is CN1CCC(c2cccc(C3CCCN3)c2)CC1. The van der Waals surface area contributed by atoms with E-state index < -0.39 is 0 Å². The van der Waals surface area contributed by atoms with Crippen LogP contribution in [0.3, 0.4) is 0 Å². The molecule has 1 aromatic carbocycles. The van der Waals surface area contributed by atoms with E-state index in [1.807, 2.05) is 0 Å². The monoisotopic (exact) mass is 244 g/mol. The molecule has 2 nitrogen and oxygen atoms in total. The maximum absolute atomic E-state index is 3.60. The zero-order chi connectivity index (χ0) is 12.4. The van der Waals surface area contributed by atoms with E-state index >= 15 is 0 Å². The fraction of sp³-hybridized carbons (Fsp3) is 0.625. The van der Waals surface area contributed by atoms with Gasteiger partial charge in [-0.2, -0.15) is 0 Å². The molecule has 1 unspecified atom stereocenters. The average molecular weight is 244 g/mol. The predicted molar refractivity (Wildman–Crippen MR) is 75.9 cm³/mol. The molecular formula is C16H24N2. The standard InChI is InChI=1S/C16H24N2/c1-18-10-7-13(8-11-18)14-4-2-5-15(12-14)16-6-3-9-17-16/h2,4-5,12-13,16-17H,3,6-11H2,1H3. The molecule has 0 radical (unpaired) electrons. The van der Waals surface area contributed by atoms with Crippen LogP contribution in [-0.2, 0) is 0 Å². The molecule has 3 rings (SSSR count). The number of rotatable bonds is 2. The fourth-order valence-corrected chi connectivity index (χ4v) is 3.34. The molecule has 2 aliphatic rings. The summed E-state index contributed by atoms with van der Waals surface area (Å²) in [7, 11) is 2.23.